The Balaban J connectivity index is 2.17. The van der Waals surface area contributed by atoms with E-state index < -0.39 is 0 Å². The van der Waals surface area contributed by atoms with Gasteiger partial charge in [-0.25, -0.2) is 0 Å². The molecule has 0 aliphatic heterocycles. The standard InChI is InChI=1S/C16H26N2O/c1-12-8-14(9-13(2)15(12)19-4)18(3)11-16(10-17)6-5-7-16/h8-9H,5-7,10-11,17H2,1-4H3. The zero-order valence-corrected chi connectivity index (χ0v) is 12.6. The number of hydrogen-bond acceptors (Lipinski definition) is 3. The van der Waals surface area contributed by atoms with Crippen molar-refractivity contribution in [2.45, 2.75) is 33.1 Å². The van der Waals surface area contributed by atoms with Crippen LogP contribution in [0.4, 0.5) is 5.69 Å². The molecule has 0 radical (unpaired) electrons. The van der Waals surface area contributed by atoms with Crippen molar-refractivity contribution in [3.8, 4) is 5.75 Å². The molecule has 0 spiro atoms. The van der Waals surface area contributed by atoms with Crippen LogP contribution in [0.15, 0.2) is 12.1 Å². The van der Waals surface area contributed by atoms with Gasteiger partial charge in [-0.1, -0.05) is 6.42 Å². The van der Waals surface area contributed by atoms with Gasteiger partial charge in [0.1, 0.15) is 5.75 Å². The third-order valence-electron chi connectivity index (χ3n) is 4.51. The summed E-state index contributed by atoms with van der Waals surface area (Å²) in [5.74, 6) is 0.995. The molecule has 0 bridgehead atoms. The molecule has 0 atom stereocenters. The van der Waals surface area contributed by atoms with Crippen molar-refractivity contribution in [2.24, 2.45) is 11.1 Å². The highest BCUT2D eigenvalue weighted by molar-refractivity contribution is 5.56. The molecule has 0 aromatic heterocycles. The predicted octanol–water partition coefficient (Wildman–Crippen LogP) is 2.88. The highest BCUT2D eigenvalue weighted by Gasteiger charge is 2.36. The number of ether oxygens (including phenoxy) is 1. The average Bonchev–Trinajstić information content (AvgIpc) is 2.33. The normalized spacial score (nSPS) is 16.9. The summed E-state index contributed by atoms with van der Waals surface area (Å²) in [7, 11) is 3.90. The first-order chi connectivity index (χ1) is 9.01. The van der Waals surface area contributed by atoms with Gasteiger partial charge < -0.3 is 15.4 Å². The molecule has 1 aromatic carbocycles. The zero-order valence-electron chi connectivity index (χ0n) is 12.6. The zero-order chi connectivity index (χ0) is 14.0. The van der Waals surface area contributed by atoms with Crippen molar-refractivity contribution < 1.29 is 4.74 Å². The minimum Gasteiger partial charge on any atom is -0.496 e. The Morgan fingerprint density at radius 3 is 2.21 bits per heavy atom. The van der Waals surface area contributed by atoms with Crippen LogP contribution in [0.2, 0.25) is 0 Å². The lowest BCUT2D eigenvalue weighted by Crippen LogP contribution is -2.46. The maximum atomic E-state index is 5.95. The van der Waals surface area contributed by atoms with Crippen molar-refractivity contribution in [1.29, 1.82) is 0 Å². The van der Waals surface area contributed by atoms with E-state index in [4.69, 9.17) is 10.5 Å². The Morgan fingerprint density at radius 1 is 1.26 bits per heavy atom. The summed E-state index contributed by atoms with van der Waals surface area (Å²) >= 11 is 0. The summed E-state index contributed by atoms with van der Waals surface area (Å²) in [4.78, 5) is 2.34. The number of rotatable bonds is 5. The summed E-state index contributed by atoms with van der Waals surface area (Å²) in [6.45, 7) is 6.05. The minimum absolute atomic E-state index is 0.344. The molecule has 0 heterocycles. The molecule has 106 valence electrons. The second kappa shape index (κ2) is 5.41. The van der Waals surface area contributed by atoms with Crippen LogP contribution in [0.1, 0.15) is 30.4 Å². The molecular weight excluding hydrogens is 236 g/mol. The topological polar surface area (TPSA) is 38.5 Å². The van der Waals surface area contributed by atoms with E-state index >= 15 is 0 Å². The van der Waals surface area contributed by atoms with Gasteiger partial charge in [0.25, 0.3) is 0 Å². The summed E-state index contributed by atoms with van der Waals surface area (Å²) < 4.78 is 5.43. The van der Waals surface area contributed by atoms with Crippen LogP contribution < -0.4 is 15.4 Å². The van der Waals surface area contributed by atoms with Gasteiger partial charge in [0.05, 0.1) is 7.11 Å². The van der Waals surface area contributed by atoms with Gasteiger partial charge in [-0.15, -0.1) is 0 Å². The van der Waals surface area contributed by atoms with E-state index in [0.29, 0.717) is 5.41 Å². The number of methoxy groups -OCH3 is 1. The number of nitrogens with two attached hydrogens (primary N) is 1. The average molecular weight is 262 g/mol. The maximum Gasteiger partial charge on any atom is 0.124 e. The van der Waals surface area contributed by atoms with E-state index in [1.54, 1.807) is 7.11 Å². The fraction of sp³-hybridized carbons (Fsp3) is 0.625. The predicted molar refractivity (Wildman–Crippen MR) is 81.1 cm³/mol. The quantitative estimate of drug-likeness (QED) is 0.886. The van der Waals surface area contributed by atoms with E-state index in [9.17, 15) is 0 Å². The molecule has 1 aromatic rings. The van der Waals surface area contributed by atoms with Gasteiger partial charge in [0.15, 0.2) is 0 Å². The number of benzene rings is 1. The molecule has 3 nitrogen and oxygen atoms in total. The van der Waals surface area contributed by atoms with Crippen LogP contribution in [0, 0.1) is 19.3 Å². The van der Waals surface area contributed by atoms with Crippen LogP contribution in [-0.2, 0) is 0 Å². The lowest BCUT2D eigenvalue weighted by molar-refractivity contribution is 0.154. The Labute approximate surface area is 116 Å². The second-order valence-corrected chi connectivity index (χ2v) is 6.03. The van der Waals surface area contributed by atoms with E-state index in [-0.39, 0.29) is 0 Å². The molecule has 1 aliphatic carbocycles. The van der Waals surface area contributed by atoms with Crippen molar-refractivity contribution >= 4 is 5.69 Å². The Kier molecular flexibility index (Phi) is 4.04. The summed E-state index contributed by atoms with van der Waals surface area (Å²) in [5, 5.41) is 0. The highest BCUT2D eigenvalue weighted by atomic mass is 16.5. The molecule has 1 saturated carbocycles. The van der Waals surface area contributed by atoms with Gasteiger partial charge in [0.2, 0.25) is 0 Å². The van der Waals surface area contributed by atoms with Gasteiger partial charge >= 0.3 is 0 Å². The number of hydrogen-bond donors (Lipinski definition) is 1. The van der Waals surface area contributed by atoms with Crippen molar-refractivity contribution in [1.82, 2.24) is 0 Å². The molecule has 0 unspecified atom stereocenters. The van der Waals surface area contributed by atoms with Crippen LogP contribution in [-0.4, -0.2) is 27.2 Å². The van der Waals surface area contributed by atoms with Gasteiger partial charge in [-0.05, 0) is 56.5 Å². The Hall–Kier alpha value is -1.22. The molecule has 0 saturated heterocycles. The van der Waals surface area contributed by atoms with Crippen LogP contribution in [0.5, 0.6) is 5.75 Å². The summed E-state index contributed by atoms with van der Waals surface area (Å²) in [5.41, 5.74) is 9.95. The van der Waals surface area contributed by atoms with Crippen LogP contribution >= 0.6 is 0 Å². The van der Waals surface area contributed by atoms with Crippen molar-refractivity contribution in [3.63, 3.8) is 0 Å². The third kappa shape index (κ3) is 2.71. The van der Waals surface area contributed by atoms with E-state index in [2.05, 4.69) is 37.9 Å². The molecule has 19 heavy (non-hydrogen) atoms. The fourth-order valence-corrected chi connectivity index (χ4v) is 3.17. The highest BCUT2D eigenvalue weighted by Crippen LogP contribution is 2.41. The van der Waals surface area contributed by atoms with E-state index in [1.165, 1.54) is 36.1 Å². The van der Waals surface area contributed by atoms with Crippen LogP contribution in [0.25, 0.3) is 0 Å². The fourth-order valence-electron chi connectivity index (χ4n) is 3.17. The Morgan fingerprint density at radius 2 is 1.84 bits per heavy atom. The monoisotopic (exact) mass is 262 g/mol. The number of aryl methyl sites for hydroxylation is 2. The summed E-state index contributed by atoms with van der Waals surface area (Å²) in [6.07, 6.45) is 3.86. The van der Waals surface area contributed by atoms with Gasteiger partial charge in [0, 0.05) is 24.7 Å². The number of nitrogens with zero attached hydrogens (tertiary/aromatic N) is 1. The van der Waals surface area contributed by atoms with E-state index in [1.807, 2.05) is 0 Å². The van der Waals surface area contributed by atoms with Gasteiger partial charge in [-0.3, -0.25) is 0 Å². The first kappa shape index (κ1) is 14.2. The first-order valence-corrected chi connectivity index (χ1v) is 7.08. The molecule has 1 fully saturated rings. The molecule has 0 amide bonds. The Bertz CT molecular complexity index is 424. The molecule has 2 rings (SSSR count). The lowest BCUT2D eigenvalue weighted by atomic mass is 9.68. The smallest absolute Gasteiger partial charge is 0.124 e. The third-order valence-corrected chi connectivity index (χ3v) is 4.51. The largest absolute Gasteiger partial charge is 0.496 e. The molecule has 3 heteroatoms. The maximum absolute atomic E-state index is 5.95. The molecular formula is C16H26N2O. The number of anilines is 1. The van der Waals surface area contributed by atoms with Crippen molar-refractivity contribution in [3.05, 3.63) is 23.3 Å². The molecule has 1 aliphatic rings. The summed E-state index contributed by atoms with van der Waals surface area (Å²) in [6, 6.07) is 4.41. The van der Waals surface area contributed by atoms with Gasteiger partial charge in [-0.2, -0.15) is 0 Å². The SMILES string of the molecule is COc1c(C)cc(N(C)CC2(CN)CCC2)cc1C. The lowest BCUT2D eigenvalue weighted by Gasteiger charge is -2.44. The second-order valence-electron chi connectivity index (χ2n) is 6.03. The molecule has 2 N–H and O–H groups in total. The van der Waals surface area contributed by atoms with E-state index in [0.717, 1.165) is 18.8 Å². The van der Waals surface area contributed by atoms with Crippen LogP contribution in [0.3, 0.4) is 0 Å². The van der Waals surface area contributed by atoms with Crippen molar-refractivity contribution in [2.75, 3.05) is 32.1 Å². The minimum atomic E-state index is 0.344. The first-order valence-electron chi connectivity index (χ1n) is 7.08.